The highest BCUT2D eigenvalue weighted by molar-refractivity contribution is 6.30. The zero-order chi connectivity index (χ0) is 17.4. The number of ether oxygens (including phenoxy) is 1. The molecule has 0 radical (unpaired) electrons. The molecule has 2 atom stereocenters. The van der Waals surface area contributed by atoms with Crippen LogP contribution in [-0.2, 0) is 0 Å². The zero-order valence-electron chi connectivity index (χ0n) is 13.7. The third-order valence-electron chi connectivity index (χ3n) is 4.48. The van der Waals surface area contributed by atoms with Crippen molar-refractivity contribution in [2.75, 3.05) is 18.2 Å². The number of anilines is 2. The summed E-state index contributed by atoms with van der Waals surface area (Å²) in [5.41, 5.74) is 8.11. The van der Waals surface area contributed by atoms with Gasteiger partial charge in [0, 0.05) is 5.02 Å². The highest BCUT2D eigenvalue weighted by Crippen LogP contribution is 2.38. The Morgan fingerprint density at radius 2 is 1.80 bits per heavy atom. The maximum Gasteiger partial charge on any atom is 0.241 e. The summed E-state index contributed by atoms with van der Waals surface area (Å²) in [5, 5.41) is 8.50. The standard InChI is InChI=1S/C18H18ClN5O/c1-25-14-8-4-12(5-9-14)16-10-15(11-2-6-13(19)7-3-11)21-18-22-17(20)23-24(16)18/h2-9,15-16H,10H2,1H3,(H3,20,21,22,23). The molecule has 3 N–H and O–H groups in total. The van der Waals surface area contributed by atoms with Crippen LogP contribution in [0.4, 0.5) is 11.9 Å². The Morgan fingerprint density at radius 1 is 1.12 bits per heavy atom. The minimum Gasteiger partial charge on any atom is -0.497 e. The largest absolute Gasteiger partial charge is 0.497 e. The van der Waals surface area contributed by atoms with Crippen LogP contribution in [-0.4, -0.2) is 21.9 Å². The summed E-state index contributed by atoms with van der Waals surface area (Å²) in [7, 11) is 1.66. The Hall–Kier alpha value is -2.73. The Bertz CT molecular complexity index is 875. The van der Waals surface area contributed by atoms with E-state index in [1.807, 2.05) is 41.1 Å². The first-order valence-electron chi connectivity index (χ1n) is 8.02. The Labute approximate surface area is 150 Å². The first-order valence-corrected chi connectivity index (χ1v) is 8.40. The number of hydrogen-bond acceptors (Lipinski definition) is 5. The lowest BCUT2D eigenvalue weighted by Gasteiger charge is -2.31. The van der Waals surface area contributed by atoms with E-state index in [0.29, 0.717) is 5.95 Å². The van der Waals surface area contributed by atoms with Crippen molar-refractivity contribution in [2.24, 2.45) is 0 Å². The summed E-state index contributed by atoms with van der Waals surface area (Å²) in [6.07, 6.45) is 0.823. The van der Waals surface area contributed by atoms with Crippen molar-refractivity contribution in [1.82, 2.24) is 14.8 Å². The van der Waals surface area contributed by atoms with Gasteiger partial charge in [-0.1, -0.05) is 35.9 Å². The van der Waals surface area contributed by atoms with E-state index in [1.54, 1.807) is 7.11 Å². The Balaban J connectivity index is 1.72. The van der Waals surface area contributed by atoms with Crippen LogP contribution >= 0.6 is 11.6 Å². The van der Waals surface area contributed by atoms with Crippen LogP contribution in [0, 0.1) is 0 Å². The molecule has 7 heteroatoms. The maximum absolute atomic E-state index is 6.01. The number of aromatic nitrogens is 3. The summed E-state index contributed by atoms with van der Waals surface area (Å²) < 4.78 is 7.10. The molecule has 0 aliphatic carbocycles. The van der Waals surface area contributed by atoms with Crippen molar-refractivity contribution >= 4 is 23.5 Å². The molecule has 2 unspecified atom stereocenters. The van der Waals surface area contributed by atoms with Gasteiger partial charge >= 0.3 is 0 Å². The fourth-order valence-electron chi connectivity index (χ4n) is 3.21. The van der Waals surface area contributed by atoms with E-state index in [9.17, 15) is 0 Å². The molecule has 0 amide bonds. The van der Waals surface area contributed by atoms with Crippen molar-refractivity contribution in [3.05, 3.63) is 64.7 Å². The normalized spacial score (nSPS) is 19.1. The first kappa shape index (κ1) is 15.8. The number of halogens is 1. The number of nitrogens with zero attached hydrogens (tertiary/aromatic N) is 3. The van der Waals surface area contributed by atoms with E-state index in [0.717, 1.165) is 28.3 Å². The number of nitrogens with two attached hydrogens (primary N) is 1. The number of nitrogen functional groups attached to an aromatic ring is 1. The molecule has 0 saturated carbocycles. The van der Waals surface area contributed by atoms with Gasteiger partial charge in [0.25, 0.3) is 0 Å². The van der Waals surface area contributed by atoms with Crippen LogP contribution in [0.3, 0.4) is 0 Å². The second-order valence-corrected chi connectivity index (χ2v) is 6.45. The van der Waals surface area contributed by atoms with Crippen LogP contribution < -0.4 is 15.8 Å². The summed E-state index contributed by atoms with van der Waals surface area (Å²) >= 11 is 6.01. The van der Waals surface area contributed by atoms with E-state index in [2.05, 4.69) is 27.5 Å². The van der Waals surface area contributed by atoms with Crippen LogP contribution in [0.15, 0.2) is 48.5 Å². The average Bonchev–Trinajstić information content (AvgIpc) is 3.01. The summed E-state index contributed by atoms with van der Waals surface area (Å²) in [6, 6.07) is 16.0. The molecular formula is C18H18ClN5O. The first-order chi connectivity index (χ1) is 12.1. The van der Waals surface area contributed by atoms with Gasteiger partial charge in [-0.25, -0.2) is 4.68 Å². The number of hydrogen-bond donors (Lipinski definition) is 2. The monoisotopic (exact) mass is 355 g/mol. The molecule has 0 bridgehead atoms. The summed E-state index contributed by atoms with van der Waals surface area (Å²) in [4.78, 5) is 4.32. The van der Waals surface area contributed by atoms with Crippen LogP contribution in [0.2, 0.25) is 5.02 Å². The highest BCUT2D eigenvalue weighted by Gasteiger charge is 2.30. The van der Waals surface area contributed by atoms with E-state index in [1.165, 1.54) is 0 Å². The number of methoxy groups -OCH3 is 1. The second kappa shape index (κ2) is 6.29. The van der Waals surface area contributed by atoms with Crippen molar-refractivity contribution < 1.29 is 4.74 Å². The minimum atomic E-state index is 0.0348. The Kier molecular flexibility index (Phi) is 3.97. The molecule has 6 nitrogen and oxygen atoms in total. The number of nitrogens with one attached hydrogen (secondary N) is 1. The third kappa shape index (κ3) is 3.00. The minimum absolute atomic E-state index is 0.0348. The Morgan fingerprint density at radius 3 is 2.48 bits per heavy atom. The molecule has 0 saturated heterocycles. The fraction of sp³-hybridized carbons (Fsp3) is 0.222. The molecular weight excluding hydrogens is 338 g/mol. The molecule has 1 aliphatic rings. The van der Waals surface area contributed by atoms with Gasteiger partial charge in [0.2, 0.25) is 11.9 Å². The van der Waals surface area contributed by atoms with E-state index in [4.69, 9.17) is 22.1 Å². The molecule has 0 fully saturated rings. The van der Waals surface area contributed by atoms with Crippen LogP contribution in [0.1, 0.15) is 29.6 Å². The van der Waals surface area contributed by atoms with Crippen molar-refractivity contribution in [3.63, 3.8) is 0 Å². The maximum atomic E-state index is 6.01. The van der Waals surface area contributed by atoms with Crippen molar-refractivity contribution in [3.8, 4) is 5.75 Å². The van der Waals surface area contributed by atoms with Gasteiger partial charge in [0.1, 0.15) is 5.75 Å². The highest BCUT2D eigenvalue weighted by atomic mass is 35.5. The lowest BCUT2D eigenvalue weighted by Crippen LogP contribution is -2.28. The van der Waals surface area contributed by atoms with Gasteiger partial charge in [-0.15, -0.1) is 5.10 Å². The zero-order valence-corrected chi connectivity index (χ0v) is 14.4. The SMILES string of the molecule is COc1ccc(C2CC(c3ccc(Cl)cc3)Nc3nc(N)nn32)cc1. The molecule has 0 spiro atoms. The molecule has 4 rings (SSSR count). The molecule has 128 valence electrons. The average molecular weight is 356 g/mol. The third-order valence-corrected chi connectivity index (χ3v) is 4.73. The number of fused-ring (bicyclic) bond motifs is 1. The second-order valence-electron chi connectivity index (χ2n) is 6.01. The fourth-order valence-corrected chi connectivity index (χ4v) is 3.34. The number of rotatable bonds is 3. The number of benzene rings is 2. The predicted molar refractivity (Wildman–Crippen MR) is 98.0 cm³/mol. The summed E-state index contributed by atoms with van der Waals surface area (Å²) in [5.74, 6) is 1.76. The lowest BCUT2D eigenvalue weighted by molar-refractivity contribution is 0.411. The van der Waals surface area contributed by atoms with Crippen molar-refractivity contribution in [1.29, 1.82) is 0 Å². The topological polar surface area (TPSA) is 78.0 Å². The van der Waals surface area contributed by atoms with Crippen molar-refractivity contribution in [2.45, 2.75) is 18.5 Å². The molecule has 3 aromatic rings. The molecule has 2 aromatic carbocycles. The van der Waals surface area contributed by atoms with Gasteiger partial charge in [-0.3, -0.25) is 0 Å². The van der Waals surface area contributed by atoms with Crippen LogP contribution in [0.5, 0.6) is 5.75 Å². The smallest absolute Gasteiger partial charge is 0.241 e. The van der Waals surface area contributed by atoms with Gasteiger partial charge in [-0.05, 0) is 41.8 Å². The molecule has 25 heavy (non-hydrogen) atoms. The van der Waals surface area contributed by atoms with Crippen LogP contribution in [0.25, 0.3) is 0 Å². The van der Waals surface area contributed by atoms with Gasteiger partial charge < -0.3 is 15.8 Å². The van der Waals surface area contributed by atoms with E-state index < -0.39 is 0 Å². The van der Waals surface area contributed by atoms with Gasteiger partial charge in [-0.2, -0.15) is 4.98 Å². The molecule has 1 aliphatic heterocycles. The lowest BCUT2D eigenvalue weighted by atomic mass is 9.93. The van der Waals surface area contributed by atoms with Gasteiger partial charge in [0.05, 0.1) is 19.2 Å². The molecule has 2 heterocycles. The van der Waals surface area contributed by atoms with E-state index in [-0.39, 0.29) is 18.0 Å². The predicted octanol–water partition coefficient (Wildman–Crippen LogP) is 3.67. The van der Waals surface area contributed by atoms with E-state index >= 15 is 0 Å². The van der Waals surface area contributed by atoms with Gasteiger partial charge in [0.15, 0.2) is 0 Å². The quantitative estimate of drug-likeness (QED) is 0.749. The summed E-state index contributed by atoms with van der Waals surface area (Å²) in [6.45, 7) is 0. The molecule has 1 aromatic heterocycles.